The van der Waals surface area contributed by atoms with Gasteiger partial charge < -0.3 is 58.6 Å². The average Bonchev–Trinajstić information content (AvgIpc) is 3.15. The molecule has 0 aliphatic carbocycles. The number of aliphatic hydroxyl groups excluding tert-OH is 2. The summed E-state index contributed by atoms with van der Waals surface area (Å²) < 4.78 is 27.6. The van der Waals surface area contributed by atoms with Gasteiger partial charge in [-0.15, -0.1) is 0 Å². The summed E-state index contributed by atoms with van der Waals surface area (Å²) in [4.78, 5) is 70.0. The van der Waals surface area contributed by atoms with Crippen molar-refractivity contribution in [2.45, 2.75) is 193 Å². The Bertz CT molecular complexity index is 1350. The predicted molar refractivity (Wildman–Crippen MR) is 276 cm³/mol. The molecule has 0 rings (SSSR count). The van der Waals surface area contributed by atoms with Gasteiger partial charge in [0, 0.05) is 27.7 Å². The molecule has 0 saturated heterocycles. The monoisotopic (exact) mass is 997 g/mol. The van der Waals surface area contributed by atoms with E-state index in [4.69, 9.17) is 33.6 Å². The van der Waals surface area contributed by atoms with E-state index in [1.165, 1.54) is 7.11 Å². The van der Waals surface area contributed by atoms with Gasteiger partial charge in [-0.05, 0) is 108 Å². The molecule has 20 heteroatoms. The van der Waals surface area contributed by atoms with Crippen molar-refractivity contribution in [2.75, 3.05) is 40.0 Å². The number of nitrogens with two attached hydrogens (primary N) is 2. The van der Waals surface area contributed by atoms with E-state index in [1.807, 2.05) is 69.2 Å². The van der Waals surface area contributed by atoms with Gasteiger partial charge in [0.15, 0.2) is 17.4 Å². The summed E-state index contributed by atoms with van der Waals surface area (Å²) in [5.41, 5.74) is 8.18. The molecule has 0 bridgehead atoms. The Kier molecular flexibility index (Phi) is 41.4. The Labute approximate surface area is 440 Å². The van der Waals surface area contributed by atoms with Crippen LogP contribution in [0.1, 0.15) is 173 Å². The number of primary amides is 1. The third-order valence-corrected chi connectivity index (χ3v) is 9.20. The molecule has 0 heterocycles. The van der Waals surface area contributed by atoms with E-state index in [1.54, 1.807) is 55.4 Å². The number of methoxy groups -OCH3 is 1. The van der Waals surface area contributed by atoms with Crippen LogP contribution in [0.5, 0.6) is 0 Å². The second-order valence-corrected chi connectivity index (χ2v) is 22.0. The molecular weight excluding hydrogens is 891 g/mol. The second kappa shape index (κ2) is 37.6. The first kappa shape index (κ1) is 73.7. The second-order valence-electron chi connectivity index (χ2n) is 22.0. The number of carbonyl (C=O) groups excluding carboxylic acids is 6. The minimum Gasteiger partial charge on any atom is -1.00 e. The molecule has 0 aromatic heterocycles. The topological polar surface area (TPSA) is 271 Å². The molecule has 2 atom stereocenters. The van der Waals surface area contributed by atoms with E-state index in [0.717, 1.165) is 6.42 Å². The molecule has 0 aromatic rings. The van der Waals surface area contributed by atoms with E-state index in [0.29, 0.717) is 52.2 Å². The molecule has 17 nitrogen and oxygen atoms in total. The number of esters is 1. The number of aliphatic hydroxyl groups is 2. The van der Waals surface area contributed by atoms with Crippen LogP contribution in [0.4, 0.5) is 9.59 Å². The number of carbonyl (C=O) groups is 6. The molecule has 0 saturated carbocycles. The molecule has 0 aliphatic heterocycles. The smallest absolute Gasteiger partial charge is 1.00 e. The maximum absolute atomic E-state index is 12.4. The molecule has 10 N–H and O–H groups in total. The molecule has 0 fully saturated rings. The number of amides is 5. The van der Waals surface area contributed by atoms with Gasteiger partial charge in [0.2, 0.25) is 17.7 Å². The number of hydrogen-bond acceptors (Lipinski definition) is 12. The largest absolute Gasteiger partial charge is 1.00 e. The van der Waals surface area contributed by atoms with Crippen LogP contribution in [0.15, 0.2) is 0 Å². The van der Waals surface area contributed by atoms with Gasteiger partial charge in [-0.1, -0.05) is 90.0 Å². The van der Waals surface area contributed by atoms with E-state index in [-0.39, 0.29) is 97.2 Å². The fourth-order valence-corrected chi connectivity index (χ4v) is 4.61. The maximum Gasteiger partial charge on any atom is 1.00 e. The summed E-state index contributed by atoms with van der Waals surface area (Å²) >= 11 is 2.78. The fraction of sp³-hybridized carbons (Fsp3) is 0.872. The standard InChI is InChI=1S/C17H34N2O4.C17H34N2O3.C7H13NO3.C6H15NO.Al.Li.H2S.4H/c1-12(2)10-13(19-15(22)23-16(3,4)5)14(21)18-11-17(6,7)8-9-20;1-9-17(7,8)11-18-14(20)13(10-12(2)3)19-15(21)22-16(4,5)6;1-7(2,6(8)10)4-5(9)11-3;1-6(2,5-7)3-4-8;;;;;;;/h12-13,20H,8-11H2,1-7H3,(H,18,21)(H,19,22);12-13H,9-11H2,1-8H3,(H,18,20)(H,19,21);4H2,1-3H3,(H2,8,10);8H,3-5,7H2,1-2H3;;;1H2;;;;/q;;;;;+1;;;;;-1/t2*13-;;;;;;;;;/m00........./s1/i;1T;;;;;;;;;/hT. The van der Waals surface area contributed by atoms with Gasteiger partial charge >= 0.3 is 37.0 Å². The summed E-state index contributed by atoms with van der Waals surface area (Å²) in [7, 11) is 1.28. The van der Waals surface area contributed by atoms with Crippen LogP contribution in [0.25, 0.3) is 0 Å². The zero-order chi connectivity index (χ0) is 54.2. The first-order valence-electron chi connectivity index (χ1n) is 23.5. The zero-order valence-electron chi connectivity index (χ0n) is 48.0. The van der Waals surface area contributed by atoms with Crippen LogP contribution >= 0.6 is 13.4 Å². The summed E-state index contributed by atoms with van der Waals surface area (Å²) in [5.74, 6) is -0.831. The third kappa shape index (κ3) is 48.6. The van der Waals surface area contributed by atoms with E-state index < -0.39 is 52.8 Å². The minimum atomic E-state index is -0.812. The van der Waals surface area contributed by atoms with Crippen LogP contribution in [0.2, 0.25) is 0 Å². The normalized spacial score (nSPS) is 12.7. The number of nitrogens with one attached hydrogen (secondary N) is 4. The Balaban J connectivity index is -0.000000127. The first-order chi connectivity index (χ1) is 30.2. The molecule has 396 valence electrons. The van der Waals surface area contributed by atoms with Crippen LogP contribution in [-0.2, 0) is 33.4 Å². The Hall–Kier alpha value is -2.22. The van der Waals surface area contributed by atoms with E-state index in [2.05, 4.69) is 39.4 Å². The molecule has 5 amide bonds. The third-order valence-electron chi connectivity index (χ3n) is 9.20. The van der Waals surface area contributed by atoms with Crippen LogP contribution in [0.3, 0.4) is 0 Å². The molecule has 0 unspecified atom stereocenters. The van der Waals surface area contributed by atoms with Crippen molar-refractivity contribution in [3.05, 3.63) is 0 Å². The van der Waals surface area contributed by atoms with Gasteiger partial charge in [-0.25, -0.2) is 9.59 Å². The van der Waals surface area contributed by atoms with Crippen LogP contribution < -0.4 is 51.6 Å². The van der Waals surface area contributed by atoms with Crippen LogP contribution in [-0.4, -0.2) is 128 Å². The number of hydrogen-bond donors (Lipinski definition) is 8. The van der Waals surface area contributed by atoms with Crippen molar-refractivity contribution in [1.82, 2.24) is 21.3 Å². The van der Waals surface area contributed by atoms with Crippen molar-refractivity contribution in [3.63, 3.8) is 0 Å². The summed E-state index contributed by atoms with van der Waals surface area (Å²) in [5, 5.41) is 28.6. The molecule has 0 radical (unpaired) electrons. The van der Waals surface area contributed by atoms with Crippen molar-refractivity contribution >= 4 is 66.6 Å². The van der Waals surface area contributed by atoms with Crippen molar-refractivity contribution in [3.8, 4) is 0 Å². The number of rotatable bonds is 21. The fourth-order valence-electron chi connectivity index (χ4n) is 4.61. The quantitative estimate of drug-likeness (QED) is 0.0468. The Morgan fingerprint density at radius 1 is 0.672 bits per heavy atom. The van der Waals surface area contributed by atoms with Crippen molar-refractivity contribution in [2.24, 2.45) is 45.0 Å². The summed E-state index contributed by atoms with van der Waals surface area (Å²) in [6.07, 6.45) is 2.04. The summed E-state index contributed by atoms with van der Waals surface area (Å²) in [6.45, 7) is 36.2. The van der Waals surface area contributed by atoms with Crippen molar-refractivity contribution < 1.29 is 74.8 Å². The van der Waals surface area contributed by atoms with Gasteiger partial charge in [-0.3, -0.25) is 19.2 Å². The van der Waals surface area contributed by atoms with Crippen LogP contribution in [0, 0.1) is 33.5 Å². The van der Waals surface area contributed by atoms with E-state index in [9.17, 15) is 28.8 Å². The first-order valence-corrected chi connectivity index (χ1v) is 22.4. The zero-order valence-corrected chi connectivity index (χ0v) is 45.9. The van der Waals surface area contributed by atoms with Gasteiger partial charge in [-0.2, -0.15) is 13.4 Å². The minimum absolute atomic E-state index is 0. The maximum atomic E-state index is 12.4. The predicted octanol–water partition coefficient (Wildman–Crippen LogP) is 2.39. The summed E-state index contributed by atoms with van der Waals surface area (Å²) in [6, 6.07) is -1.24. The number of ether oxygens (including phenoxy) is 3. The van der Waals surface area contributed by atoms with Gasteiger partial charge in [0.25, 0.3) is 0 Å². The molecule has 0 aromatic carbocycles. The van der Waals surface area contributed by atoms with E-state index >= 15 is 0 Å². The number of alkyl carbamates (subject to hydrolysis) is 2. The molecular formula is C47H102AlLiN6O11S. The van der Waals surface area contributed by atoms with Gasteiger partial charge in [0.1, 0.15) is 23.3 Å². The average molecular weight is 997 g/mol. The molecule has 0 spiro atoms. The SMILES string of the molecule is CC(C)(CN)CCO.CC(C)C[C@H](NC(=O)OC(C)(C)C)C(=O)NCC(C)(C)CCO.COC(=O)CC(C)(C)C(N)=O.[3H]CCC(C)(C)CNC(=O)[C@H](CC(C)C)NC(=O)OC(C)(C)C.[3H]S.[AlH3].[H-].[Li+]. The van der Waals surface area contributed by atoms with Crippen molar-refractivity contribution in [1.29, 1.82) is 1.12 Å². The molecule has 67 heavy (non-hydrogen) atoms. The van der Waals surface area contributed by atoms with Gasteiger partial charge in [0.05, 0.1) is 20.1 Å². The Morgan fingerprint density at radius 3 is 1.27 bits per heavy atom. The molecule has 0 aliphatic rings. The Morgan fingerprint density at radius 2 is 1.01 bits per heavy atom.